The number of aromatic nitrogens is 4. The Balaban J connectivity index is 1.61. The monoisotopic (exact) mass is 395 g/mol. The summed E-state index contributed by atoms with van der Waals surface area (Å²) in [6, 6.07) is 7.62. The summed E-state index contributed by atoms with van der Waals surface area (Å²) in [4.78, 5) is 17.6. The zero-order valence-corrected chi connectivity index (χ0v) is 16.4. The number of allylic oxidation sites excluding steroid dienone is 2. The molecule has 0 atom stereocenters. The number of nitrogens with two attached hydrogens (primary N) is 2. The Morgan fingerprint density at radius 3 is 2.79 bits per heavy atom. The van der Waals surface area contributed by atoms with Crippen molar-refractivity contribution in [2.24, 2.45) is 11.5 Å². The number of thiophene rings is 1. The lowest BCUT2D eigenvalue weighted by molar-refractivity contribution is 0.0952. The van der Waals surface area contributed by atoms with Crippen LogP contribution in [-0.4, -0.2) is 32.4 Å². The smallest absolute Gasteiger partial charge is 0.273 e. The van der Waals surface area contributed by atoms with E-state index < -0.39 is 0 Å². The molecular weight excluding hydrogens is 374 g/mol. The molecule has 0 bridgehead atoms. The molecule has 3 aromatic heterocycles. The molecule has 8 nitrogen and oxygen atoms in total. The van der Waals surface area contributed by atoms with Gasteiger partial charge in [-0.05, 0) is 49.6 Å². The third-order valence-corrected chi connectivity index (χ3v) is 4.82. The number of carbonyl (C=O) groups is 1. The Hall–Kier alpha value is -3.46. The van der Waals surface area contributed by atoms with Gasteiger partial charge < -0.3 is 16.8 Å². The van der Waals surface area contributed by atoms with Crippen molar-refractivity contribution in [2.45, 2.75) is 13.8 Å². The minimum atomic E-state index is -0.365. The molecule has 3 heterocycles. The molecule has 9 heteroatoms. The Morgan fingerprint density at radius 2 is 2.07 bits per heavy atom. The van der Waals surface area contributed by atoms with Crippen molar-refractivity contribution in [3.8, 4) is 5.69 Å². The molecule has 1 amide bonds. The molecule has 0 saturated carbocycles. The summed E-state index contributed by atoms with van der Waals surface area (Å²) in [5.41, 5.74) is 15.7. The molecule has 0 aliphatic carbocycles. The molecule has 0 saturated heterocycles. The quantitative estimate of drug-likeness (QED) is 0.548. The zero-order valence-electron chi connectivity index (χ0n) is 15.6. The van der Waals surface area contributed by atoms with Crippen molar-refractivity contribution >= 4 is 22.9 Å². The number of aryl methyl sites for hydroxylation is 2. The Morgan fingerprint density at radius 1 is 1.25 bits per heavy atom. The second kappa shape index (κ2) is 8.49. The van der Waals surface area contributed by atoms with Crippen molar-refractivity contribution in [1.29, 1.82) is 0 Å². The summed E-state index contributed by atoms with van der Waals surface area (Å²) in [5, 5.41) is 12.6. The standard InChI is InChI=1S/C19H21N7OS/c1-12-5-8-17(13(2)23-12)26-11-16(24-25-26)19(27)22-10-14(20)6-7-15(21)18-4-3-9-28-18/h3-9,11H,10,20-21H2,1-2H3,(H,22,27)/b14-6-,15-7-. The van der Waals surface area contributed by atoms with E-state index in [9.17, 15) is 4.79 Å². The van der Waals surface area contributed by atoms with E-state index in [1.807, 2.05) is 43.5 Å². The number of carbonyl (C=O) groups excluding carboxylic acids is 1. The van der Waals surface area contributed by atoms with E-state index in [0.717, 1.165) is 22.0 Å². The van der Waals surface area contributed by atoms with E-state index in [4.69, 9.17) is 11.5 Å². The topological polar surface area (TPSA) is 125 Å². The Bertz CT molecular complexity index is 1030. The SMILES string of the molecule is Cc1ccc(-n2cc(C(=O)NC/C(N)=C/C=C(\N)c3cccs3)nn2)c(C)n1. The number of pyridine rings is 1. The number of nitrogens with one attached hydrogen (secondary N) is 1. The van der Waals surface area contributed by atoms with E-state index in [0.29, 0.717) is 11.4 Å². The van der Waals surface area contributed by atoms with E-state index in [-0.39, 0.29) is 18.1 Å². The van der Waals surface area contributed by atoms with Gasteiger partial charge in [-0.3, -0.25) is 9.78 Å². The highest BCUT2D eigenvalue weighted by atomic mass is 32.1. The van der Waals surface area contributed by atoms with Crippen LogP contribution in [0.3, 0.4) is 0 Å². The first-order valence-electron chi connectivity index (χ1n) is 8.55. The van der Waals surface area contributed by atoms with Crippen molar-refractivity contribution in [2.75, 3.05) is 6.54 Å². The number of hydrogen-bond acceptors (Lipinski definition) is 7. The van der Waals surface area contributed by atoms with Gasteiger partial charge in [0.25, 0.3) is 5.91 Å². The fourth-order valence-corrected chi connectivity index (χ4v) is 3.13. The molecule has 0 aliphatic heterocycles. The molecule has 0 aliphatic rings. The van der Waals surface area contributed by atoms with Gasteiger partial charge in [0.1, 0.15) is 0 Å². The van der Waals surface area contributed by atoms with Gasteiger partial charge in [0.05, 0.1) is 24.1 Å². The number of amides is 1. The van der Waals surface area contributed by atoms with Gasteiger partial charge in [-0.1, -0.05) is 11.3 Å². The summed E-state index contributed by atoms with van der Waals surface area (Å²) in [7, 11) is 0. The normalized spacial score (nSPS) is 12.2. The van der Waals surface area contributed by atoms with Crippen LogP contribution in [0.5, 0.6) is 0 Å². The van der Waals surface area contributed by atoms with Gasteiger partial charge in [-0.2, -0.15) is 0 Å². The molecular formula is C19H21N7OS. The van der Waals surface area contributed by atoms with Crippen LogP contribution < -0.4 is 16.8 Å². The highest BCUT2D eigenvalue weighted by molar-refractivity contribution is 7.11. The van der Waals surface area contributed by atoms with Crippen LogP contribution in [0.25, 0.3) is 11.4 Å². The third kappa shape index (κ3) is 4.63. The minimum absolute atomic E-state index is 0.172. The van der Waals surface area contributed by atoms with E-state index in [1.165, 1.54) is 4.68 Å². The molecule has 0 aromatic carbocycles. The average Bonchev–Trinajstić information content (AvgIpc) is 3.36. The van der Waals surface area contributed by atoms with Gasteiger partial charge in [0, 0.05) is 22.0 Å². The summed E-state index contributed by atoms with van der Waals surface area (Å²) in [6.45, 7) is 3.97. The second-order valence-corrected chi connectivity index (χ2v) is 7.08. The first-order valence-corrected chi connectivity index (χ1v) is 9.43. The van der Waals surface area contributed by atoms with Crippen LogP contribution in [0.2, 0.25) is 0 Å². The Kier molecular flexibility index (Phi) is 5.85. The second-order valence-electron chi connectivity index (χ2n) is 6.13. The van der Waals surface area contributed by atoms with Crippen molar-refractivity contribution in [3.05, 3.63) is 75.7 Å². The van der Waals surface area contributed by atoms with Crippen LogP contribution in [-0.2, 0) is 0 Å². The molecule has 5 N–H and O–H groups in total. The fourth-order valence-electron chi connectivity index (χ4n) is 2.46. The average molecular weight is 395 g/mol. The first kappa shape index (κ1) is 19.3. The van der Waals surface area contributed by atoms with Crippen LogP contribution in [0.1, 0.15) is 26.8 Å². The molecule has 0 radical (unpaired) electrons. The van der Waals surface area contributed by atoms with Gasteiger partial charge in [-0.25, -0.2) is 4.68 Å². The highest BCUT2D eigenvalue weighted by Crippen LogP contribution is 2.15. The Labute approximate surface area is 166 Å². The number of rotatable bonds is 6. The number of nitrogens with zero attached hydrogens (tertiary/aromatic N) is 4. The largest absolute Gasteiger partial charge is 0.401 e. The van der Waals surface area contributed by atoms with E-state index in [1.54, 1.807) is 29.7 Å². The van der Waals surface area contributed by atoms with Gasteiger partial charge >= 0.3 is 0 Å². The molecule has 3 rings (SSSR count). The number of hydrogen-bond donors (Lipinski definition) is 3. The predicted octanol–water partition coefficient (Wildman–Crippen LogP) is 1.91. The van der Waals surface area contributed by atoms with E-state index >= 15 is 0 Å². The van der Waals surface area contributed by atoms with Crippen LogP contribution in [0.15, 0.2) is 53.7 Å². The maximum atomic E-state index is 12.3. The highest BCUT2D eigenvalue weighted by Gasteiger charge is 2.12. The molecule has 28 heavy (non-hydrogen) atoms. The predicted molar refractivity (Wildman–Crippen MR) is 110 cm³/mol. The lowest BCUT2D eigenvalue weighted by Crippen LogP contribution is -2.28. The summed E-state index contributed by atoms with van der Waals surface area (Å²) in [6.07, 6.45) is 4.95. The summed E-state index contributed by atoms with van der Waals surface area (Å²) >= 11 is 1.55. The van der Waals surface area contributed by atoms with Gasteiger partial charge in [0.15, 0.2) is 5.69 Å². The first-order chi connectivity index (χ1) is 13.4. The molecule has 3 aromatic rings. The maximum Gasteiger partial charge on any atom is 0.273 e. The third-order valence-electron chi connectivity index (χ3n) is 3.91. The lowest BCUT2D eigenvalue weighted by Gasteiger charge is -2.04. The zero-order chi connectivity index (χ0) is 20.1. The van der Waals surface area contributed by atoms with Crippen LogP contribution in [0.4, 0.5) is 0 Å². The summed E-state index contributed by atoms with van der Waals surface area (Å²) < 4.78 is 1.53. The maximum absolute atomic E-state index is 12.3. The van der Waals surface area contributed by atoms with Crippen molar-refractivity contribution in [3.63, 3.8) is 0 Å². The fraction of sp³-hybridized carbons (Fsp3) is 0.158. The van der Waals surface area contributed by atoms with E-state index in [2.05, 4.69) is 20.6 Å². The van der Waals surface area contributed by atoms with Gasteiger partial charge in [0.2, 0.25) is 0 Å². The minimum Gasteiger partial charge on any atom is -0.401 e. The summed E-state index contributed by atoms with van der Waals surface area (Å²) in [5.74, 6) is -0.365. The van der Waals surface area contributed by atoms with Crippen LogP contribution in [0, 0.1) is 13.8 Å². The molecule has 0 unspecified atom stereocenters. The van der Waals surface area contributed by atoms with Crippen LogP contribution >= 0.6 is 11.3 Å². The molecule has 0 fully saturated rings. The lowest BCUT2D eigenvalue weighted by atomic mass is 10.3. The molecule has 0 spiro atoms. The van der Waals surface area contributed by atoms with Crippen molar-refractivity contribution < 1.29 is 4.79 Å². The molecule has 144 valence electrons. The van der Waals surface area contributed by atoms with Gasteiger partial charge in [-0.15, -0.1) is 16.4 Å². The van der Waals surface area contributed by atoms with Crippen molar-refractivity contribution in [1.82, 2.24) is 25.3 Å².